The quantitative estimate of drug-likeness (QED) is 0.213. The number of benzene rings is 2. The fourth-order valence-electron chi connectivity index (χ4n) is 5.41. The molecule has 7 heteroatoms. The van der Waals surface area contributed by atoms with Crippen LogP contribution in [0.3, 0.4) is 0 Å². The summed E-state index contributed by atoms with van der Waals surface area (Å²) < 4.78 is 0. The van der Waals surface area contributed by atoms with Crippen LogP contribution in [0.5, 0.6) is 0 Å². The Balaban J connectivity index is 0.00000675. The van der Waals surface area contributed by atoms with Crippen molar-refractivity contribution in [2.45, 2.75) is 132 Å². The van der Waals surface area contributed by atoms with E-state index < -0.39 is 0 Å². The average Bonchev–Trinajstić information content (AvgIpc) is 2.91. The number of hydrogen-bond acceptors (Lipinski definition) is 3. The summed E-state index contributed by atoms with van der Waals surface area (Å²) >= 11 is 6.73. The molecule has 2 aromatic carbocycles. The van der Waals surface area contributed by atoms with Crippen LogP contribution in [0.4, 0.5) is 11.4 Å². The minimum absolute atomic E-state index is 0. The molecular formula is C39H54Cl3N3V. The molecule has 1 aromatic heterocycles. The van der Waals surface area contributed by atoms with Gasteiger partial charge in [0.25, 0.3) is 0 Å². The maximum atomic E-state index is 6.73. The van der Waals surface area contributed by atoms with E-state index in [9.17, 15) is 0 Å². The molecule has 1 radical (unpaired) electrons. The number of aliphatic imine (C=N–C) groups is 2. The van der Waals surface area contributed by atoms with Crippen molar-refractivity contribution in [1.82, 2.24) is 4.98 Å². The fraction of sp³-hybridized carbons (Fsp3) is 0.513. The molecule has 0 aliphatic rings. The van der Waals surface area contributed by atoms with Crippen LogP contribution in [0.15, 0.2) is 46.4 Å². The number of halogens is 3. The van der Waals surface area contributed by atoms with Gasteiger partial charge < -0.3 is 24.8 Å². The van der Waals surface area contributed by atoms with Gasteiger partial charge in [-0.15, -0.1) is 0 Å². The van der Waals surface area contributed by atoms with Crippen molar-refractivity contribution in [2.24, 2.45) is 9.98 Å². The van der Waals surface area contributed by atoms with Crippen molar-refractivity contribution in [3.8, 4) is 0 Å². The maximum absolute atomic E-state index is 6.73. The summed E-state index contributed by atoms with van der Waals surface area (Å²) in [4.78, 5) is 15.6. The van der Waals surface area contributed by atoms with Gasteiger partial charge in [0.2, 0.25) is 0 Å². The van der Waals surface area contributed by atoms with Crippen LogP contribution in [0.1, 0.15) is 177 Å². The van der Waals surface area contributed by atoms with E-state index >= 15 is 0 Å². The third-order valence-corrected chi connectivity index (χ3v) is 8.51. The molecule has 0 saturated heterocycles. The minimum Gasteiger partial charge on any atom is -1.00 e. The Kier molecular flexibility index (Phi) is 18.1. The molecule has 0 unspecified atom stereocenters. The summed E-state index contributed by atoms with van der Waals surface area (Å²) in [6.45, 7) is 31.1. The molecule has 3 aromatic rings. The fourth-order valence-corrected chi connectivity index (χ4v) is 5.62. The molecule has 0 saturated carbocycles. The molecule has 0 amide bonds. The molecule has 0 aliphatic heterocycles. The number of hydrogen-bond donors (Lipinski definition) is 0. The maximum Gasteiger partial charge on any atom is 2.00 e. The van der Waals surface area contributed by atoms with Gasteiger partial charge >= 0.3 is 18.6 Å². The Hall–Kier alpha value is -1.62. The van der Waals surface area contributed by atoms with Gasteiger partial charge in [-0.1, -0.05) is 119 Å². The first-order chi connectivity index (χ1) is 20.0. The van der Waals surface area contributed by atoms with Crippen LogP contribution in [0.25, 0.3) is 0 Å². The van der Waals surface area contributed by atoms with Crippen molar-refractivity contribution in [2.75, 3.05) is 0 Å². The average molecular weight is 722 g/mol. The molecule has 46 heavy (non-hydrogen) atoms. The van der Waals surface area contributed by atoms with E-state index in [0.717, 1.165) is 34.2 Å². The SMILES string of the molecule is CC(=Nc1c(C(C)C)cc(C(C)C)cc1C(C)C)c1cc(Cl)cc(C(C)=Nc2c(C(C)C)cc(C(C)C)cc2C(C)C)n1.[Cl-].[Cl-].[V+2]. The number of aromatic nitrogens is 1. The molecule has 0 atom stereocenters. The molecule has 251 valence electrons. The summed E-state index contributed by atoms with van der Waals surface area (Å²) in [6.07, 6.45) is 0. The normalized spacial score (nSPS) is 12.3. The second-order valence-corrected chi connectivity index (χ2v) is 14.4. The first-order valence-electron chi connectivity index (χ1n) is 16.2. The van der Waals surface area contributed by atoms with Gasteiger partial charge in [-0.25, -0.2) is 4.98 Å². The van der Waals surface area contributed by atoms with Crippen molar-refractivity contribution < 1.29 is 43.4 Å². The minimum atomic E-state index is 0. The van der Waals surface area contributed by atoms with Crippen LogP contribution in [-0.4, -0.2) is 16.4 Å². The molecule has 3 rings (SSSR count). The van der Waals surface area contributed by atoms with Gasteiger partial charge in [-0.2, -0.15) is 0 Å². The summed E-state index contributed by atoms with van der Waals surface area (Å²) in [7, 11) is 0. The monoisotopic (exact) mass is 720 g/mol. The standard InChI is InChI=1S/C39H54ClN3.2ClH.V/c1-21(2)29-15-32(23(5)6)38(33(16-29)24(7)8)41-27(13)36-19-31(40)20-37(43-36)28(14)42-39-34(25(9)10)17-30(22(3)4)18-35(39)26(11)12;;;/h15-26H,1-14H3;2*1H;/q;;;+2/p-2. The van der Waals surface area contributed by atoms with Crippen molar-refractivity contribution in [1.29, 1.82) is 0 Å². The van der Waals surface area contributed by atoms with Crippen LogP contribution in [0, 0.1) is 0 Å². The molecule has 0 spiro atoms. The van der Waals surface area contributed by atoms with Gasteiger partial charge in [0.15, 0.2) is 0 Å². The van der Waals surface area contributed by atoms with Crippen molar-refractivity contribution in [3.63, 3.8) is 0 Å². The van der Waals surface area contributed by atoms with Gasteiger partial charge in [0, 0.05) is 5.02 Å². The zero-order valence-corrected chi connectivity index (χ0v) is 34.0. The predicted molar refractivity (Wildman–Crippen MR) is 190 cm³/mol. The summed E-state index contributed by atoms with van der Waals surface area (Å²) in [6, 6.07) is 13.2. The molecule has 1 heterocycles. The molecule has 3 nitrogen and oxygen atoms in total. The molecule has 0 aliphatic carbocycles. The second kappa shape index (κ2) is 18.8. The van der Waals surface area contributed by atoms with E-state index in [2.05, 4.69) is 107 Å². The largest absolute Gasteiger partial charge is 2.00 e. The van der Waals surface area contributed by atoms with E-state index in [1.165, 1.54) is 33.4 Å². The van der Waals surface area contributed by atoms with Gasteiger partial charge in [0.05, 0.1) is 34.2 Å². The molecule has 0 bridgehead atoms. The Morgan fingerprint density at radius 2 is 0.761 bits per heavy atom. The van der Waals surface area contributed by atoms with Crippen molar-refractivity contribution >= 4 is 34.4 Å². The Bertz CT molecular complexity index is 1350. The van der Waals surface area contributed by atoms with E-state index in [1.807, 2.05) is 26.0 Å². The van der Waals surface area contributed by atoms with Gasteiger partial charge in [-0.05, 0) is 94.9 Å². The van der Waals surface area contributed by atoms with E-state index in [1.54, 1.807) is 0 Å². The summed E-state index contributed by atoms with van der Waals surface area (Å²) in [5, 5.41) is 0.635. The number of rotatable bonds is 10. The first kappa shape index (κ1) is 44.4. The summed E-state index contributed by atoms with van der Waals surface area (Å²) in [5.74, 6) is 2.34. The predicted octanol–water partition coefficient (Wildman–Crippen LogP) is 6.76. The van der Waals surface area contributed by atoms with Crippen LogP contribution in [-0.2, 0) is 18.6 Å². The Morgan fingerprint density at radius 1 is 0.500 bits per heavy atom. The van der Waals surface area contributed by atoms with Gasteiger partial charge in [-0.3, -0.25) is 9.98 Å². The van der Waals surface area contributed by atoms with E-state index in [4.69, 9.17) is 26.6 Å². The van der Waals surface area contributed by atoms with Crippen molar-refractivity contribution in [3.05, 3.63) is 86.2 Å². The van der Waals surface area contributed by atoms with E-state index in [-0.39, 0.29) is 43.4 Å². The van der Waals surface area contributed by atoms with Crippen LogP contribution < -0.4 is 24.8 Å². The Morgan fingerprint density at radius 3 is 0.978 bits per heavy atom. The van der Waals surface area contributed by atoms with Crippen LogP contribution >= 0.6 is 11.6 Å². The van der Waals surface area contributed by atoms with Crippen LogP contribution in [0.2, 0.25) is 5.02 Å². The molecule has 0 N–H and O–H groups in total. The summed E-state index contributed by atoms with van der Waals surface area (Å²) in [5.41, 5.74) is 13.2. The zero-order chi connectivity index (χ0) is 32.3. The third-order valence-electron chi connectivity index (χ3n) is 8.29. The Labute approximate surface area is 309 Å². The van der Waals surface area contributed by atoms with E-state index in [0.29, 0.717) is 40.5 Å². The third kappa shape index (κ3) is 10.7. The molecular weight excluding hydrogens is 668 g/mol. The first-order valence-corrected chi connectivity index (χ1v) is 16.5. The zero-order valence-electron chi connectivity index (χ0n) is 30.4. The molecule has 0 fully saturated rings. The smallest absolute Gasteiger partial charge is 1.00 e. The topological polar surface area (TPSA) is 37.6 Å². The number of pyridine rings is 1. The van der Waals surface area contributed by atoms with Gasteiger partial charge in [0.1, 0.15) is 0 Å². The number of nitrogens with zero attached hydrogens (tertiary/aromatic N) is 3. The second-order valence-electron chi connectivity index (χ2n) is 14.0.